The number of aromatic nitrogens is 2. The molecular formula is C17H20FN5O. The van der Waals surface area contributed by atoms with Crippen molar-refractivity contribution in [2.24, 2.45) is 0 Å². The summed E-state index contributed by atoms with van der Waals surface area (Å²) in [6.45, 7) is 2.52. The van der Waals surface area contributed by atoms with Crippen LogP contribution in [0.5, 0.6) is 0 Å². The molecule has 2 atom stereocenters. The Balaban J connectivity index is 1.48. The summed E-state index contributed by atoms with van der Waals surface area (Å²) < 4.78 is 15.0. The Hall–Kier alpha value is -2.41. The first-order valence-corrected chi connectivity index (χ1v) is 8.16. The average Bonchev–Trinajstić information content (AvgIpc) is 3.13. The smallest absolute Gasteiger partial charge is 0.317 e. The van der Waals surface area contributed by atoms with Gasteiger partial charge in [-0.25, -0.2) is 13.9 Å². The number of urea groups is 1. The summed E-state index contributed by atoms with van der Waals surface area (Å²) in [6, 6.07) is 8.80. The zero-order chi connectivity index (χ0) is 16.7. The molecule has 1 N–H and O–H groups in total. The van der Waals surface area contributed by atoms with Crippen LogP contribution >= 0.6 is 0 Å². The van der Waals surface area contributed by atoms with Gasteiger partial charge in [0, 0.05) is 32.9 Å². The molecule has 2 aromatic rings. The normalized spacial score (nSPS) is 24.1. The molecule has 0 bridgehead atoms. The first-order chi connectivity index (χ1) is 11.6. The van der Waals surface area contributed by atoms with E-state index in [9.17, 15) is 9.18 Å². The highest BCUT2D eigenvalue weighted by molar-refractivity contribution is 5.77. The molecule has 0 radical (unpaired) electrons. The van der Waals surface area contributed by atoms with E-state index < -0.39 is 0 Å². The van der Waals surface area contributed by atoms with Gasteiger partial charge in [-0.2, -0.15) is 5.10 Å². The van der Waals surface area contributed by atoms with Crippen molar-refractivity contribution in [1.29, 1.82) is 0 Å². The number of likely N-dealkylation sites (tertiary alicyclic amines) is 1. The lowest BCUT2D eigenvalue weighted by atomic mass is 10.0. The minimum absolute atomic E-state index is 0.0169. The second kappa shape index (κ2) is 5.90. The number of carbonyl (C=O) groups excluding carboxylic acids is 1. The zero-order valence-corrected chi connectivity index (χ0v) is 13.5. The third kappa shape index (κ3) is 2.65. The molecule has 2 aliphatic heterocycles. The van der Waals surface area contributed by atoms with Gasteiger partial charge in [-0.3, -0.25) is 4.90 Å². The number of hydrogen-bond donors (Lipinski definition) is 1. The molecule has 3 heterocycles. The molecule has 24 heavy (non-hydrogen) atoms. The van der Waals surface area contributed by atoms with Crippen molar-refractivity contribution in [2.45, 2.75) is 25.0 Å². The number of rotatable bonds is 3. The second-order valence-electron chi connectivity index (χ2n) is 6.47. The summed E-state index contributed by atoms with van der Waals surface area (Å²) in [4.78, 5) is 15.9. The third-order valence-corrected chi connectivity index (χ3v) is 4.97. The molecule has 2 saturated heterocycles. The minimum atomic E-state index is -0.254. The van der Waals surface area contributed by atoms with Crippen LogP contribution in [-0.4, -0.2) is 57.8 Å². The summed E-state index contributed by atoms with van der Waals surface area (Å²) in [6.07, 6.45) is 2.72. The predicted molar refractivity (Wildman–Crippen MR) is 87.3 cm³/mol. The average molecular weight is 329 g/mol. The highest BCUT2D eigenvalue weighted by Gasteiger charge is 2.40. The van der Waals surface area contributed by atoms with Crippen LogP contribution in [0, 0.1) is 5.82 Å². The molecule has 6 nitrogen and oxygen atoms in total. The van der Waals surface area contributed by atoms with Gasteiger partial charge in [-0.05, 0) is 36.8 Å². The Bertz CT molecular complexity index is 744. The van der Waals surface area contributed by atoms with Crippen molar-refractivity contribution in [2.75, 3.05) is 20.1 Å². The molecule has 7 heteroatoms. The van der Waals surface area contributed by atoms with Gasteiger partial charge >= 0.3 is 6.03 Å². The van der Waals surface area contributed by atoms with Crippen LogP contribution in [0.4, 0.5) is 9.18 Å². The van der Waals surface area contributed by atoms with Gasteiger partial charge in [0.25, 0.3) is 0 Å². The largest absolute Gasteiger partial charge is 0.332 e. The van der Waals surface area contributed by atoms with Crippen LogP contribution in [0.3, 0.4) is 0 Å². The molecule has 1 aromatic heterocycles. The van der Waals surface area contributed by atoms with Crippen molar-refractivity contribution in [3.8, 4) is 5.69 Å². The Morgan fingerprint density at radius 1 is 1.29 bits per heavy atom. The van der Waals surface area contributed by atoms with Gasteiger partial charge in [-0.1, -0.05) is 0 Å². The van der Waals surface area contributed by atoms with Crippen molar-refractivity contribution in [1.82, 2.24) is 24.9 Å². The maximum Gasteiger partial charge on any atom is 0.317 e. The number of carbonyl (C=O) groups is 1. The minimum Gasteiger partial charge on any atom is -0.332 e. The fourth-order valence-electron chi connectivity index (χ4n) is 3.66. The number of halogens is 1. The van der Waals surface area contributed by atoms with E-state index in [2.05, 4.69) is 15.3 Å². The van der Waals surface area contributed by atoms with E-state index in [4.69, 9.17) is 0 Å². The maximum absolute atomic E-state index is 13.1. The zero-order valence-electron chi connectivity index (χ0n) is 13.5. The quantitative estimate of drug-likeness (QED) is 0.931. The Morgan fingerprint density at radius 2 is 2.08 bits per heavy atom. The van der Waals surface area contributed by atoms with Crippen LogP contribution in [0.15, 0.2) is 36.5 Å². The molecule has 0 saturated carbocycles. The van der Waals surface area contributed by atoms with E-state index >= 15 is 0 Å². The van der Waals surface area contributed by atoms with E-state index in [1.54, 1.807) is 18.3 Å². The first-order valence-electron chi connectivity index (χ1n) is 8.16. The maximum atomic E-state index is 13.1. The molecular weight excluding hydrogens is 309 g/mol. The lowest BCUT2D eigenvalue weighted by Crippen LogP contribution is -2.50. The summed E-state index contributed by atoms with van der Waals surface area (Å²) in [5.41, 5.74) is 1.90. The molecule has 0 aliphatic carbocycles. The summed E-state index contributed by atoms with van der Waals surface area (Å²) >= 11 is 0. The van der Waals surface area contributed by atoms with E-state index in [0.29, 0.717) is 0 Å². The number of amides is 2. The van der Waals surface area contributed by atoms with Crippen LogP contribution in [0.2, 0.25) is 0 Å². The van der Waals surface area contributed by atoms with Gasteiger partial charge in [-0.15, -0.1) is 0 Å². The second-order valence-corrected chi connectivity index (χ2v) is 6.47. The van der Waals surface area contributed by atoms with E-state index in [1.165, 1.54) is 12.1 Å². The molecule has 0 unspecified atom stereocenters. The van der Waals surface area contributed by atoms with E-state index in [0.717, 1.165) is 37.4 Å². The highest BCUT2D eigenvalue weighted by atomic mass is 19.1. The Labute approximate surface area is 139 Å². The van der Waals surface area contributed by atoms with Gasteiger partial charge in [0.15, 0.2) is 0 Å². The molecule has 2 fully saturated rings. The van der Waals surface area contributed by atoms with Crippen molar-refractivity contribution < 1.29 is 9.18 Å². The first kappa shape index (κ1) is 15.1. The number of hydrogen-bond acceptors (Lipinski definition) is 3. The fraction of sp³-hybridized carbons (Fsp3) is 0.412. The monoisotopic (exact) mass is 329 g/mol. The molecule has 126 valence electrons. The summed E-state index contributed by atoms with van der Waals surface area (Å²) in [7, 11) is 1.86. The van der Waals surface area contributed by atoms with Crippen molar-refractivity contribution >= 4 is 6.03 Å². The molecule has 4 rings (SSSR count). The number of likely N-dealkylation sites (N-methyl/N-ethyl adjacent to an activating group) is 1. The number of benzene rings is 1. The molecule has 1 aromatic carbocycles. The third-order valence-electron chi connectivity index (χ3n) is 4.97. The number of nitrogens with zero attached hydrogens (tertiary/aromatic N) is 4. The van der Waals surface area contributed by atoms with E-state index in [1.807, 2.05) is 22.7 Å². The number of piperidine rings is 1. The molecule has 2 amide bonds. The van der Waals surface area contributed by atoms with Crippen LogP contribution in [0.25, 0.3) is 5.69 Å². The topological polar surface area (TPSA) is 53.4 Å². The lowest BCUT2D eigenvalue weighted by Gasteiger charge is -2.35. The Morgan fingerprint density at radius 3 is 2.88 bits per heavy atom. The highest BCUT2D eigenvalue weighted by Crippen LogP contribution is 2.23. The summed E-state index contributed by atoms with van der Waals surface area (Å²) in [5.74, 6) is -0.254. The van der Waals surface area contributed by atoms with Gasteiger partial charge < -0.3 is 10.2 Å². The molecule has 0 spiro atoms. The van der Waals surface area contributed by atoms with Gasteiger partial charge in [0.2, 0.25) is 0 Å². The van der Waals surface area contributed by atoms with Gasteiger partial charge in [0.05, 0.1) is 23.5 Å². The standard InChI is InChI=1S/C17H20FN5O/c1-21-16-7-9-22(11-15(16)20-17(21)24)10-14-6-8-19-23(14)13-4-2-12(18)3-5-13/h2-6,8,15-16H,7,9-11H2,1H3,(H,20,24)/t15-,16+/m1/s1. The van der Waals surface area contributed by atoms with Crippen molar-refractivity contribution in [3.63, 3.8) is 0 Å². The Kier molecular flexibility index (Phi) is 3.72. The SMILES string of the molecule is CN1C(=O)N[C@@H]2CN(Cc3ccnn3-c3ccc(F)cc3)CC[C@@H]21. The lowest BCUT2D eigenvalue weighted by molar-refractivity contribution is 0.145. The van der Waals surface area contributed by atoms with Crippen LogP contribution < -0.4 is 5.32 Å². The predicted octanol–water partition coefficient (Wildman–Crippen LogP) is 1.61. The fourth-order valence-corrected chi connectivity index (χ4v) is 3.66. The van der Waals surface area contributed by atoms with E-state index in [-0.39, 0.29) is 23.9 Å². The van der Waals surface area contributed by atoms with Crippen molar-refractivity contribution in [3.05, 3.63) is 48.0 Å². The number of fused-ring (bicyclic) bond motifs is 1. The van der Waals surface area contributed by atoms with Crippen LogP contribution in [0.1, 0.15) is 12.1 Å². The number of nitrogens with one attached hydrogen (secondary N) is 1. The molecule has 2 aliphatic rings. The van der Waals surface area contributed by atoms with Crippen LogP contribution in [-0.2, 0) is 6.54 Å². The summed E-state index contributed by atoms with van der Waals surface area (Å²) in [5, 5.41) is 7.41. The van der Waals surface area contributed by atoms with Gasteiger partial charge in [0.1, 0.15) is 5.82 Å².